The Morgan fingerprint density at radius 1 is 1.38 bits per heavy atom. The van der Waals surface area contributed by atoms with Gasteiger partial charge in [-0.15, -0.1) is 0 Å². The molecule has 2 rings (SSSR count). The first-order valence-electron chi connectivity index (χ1n) is 6.60. The number of nitrogens with zero attached hydrogens (tertiary/aromatic N) is 1. The van der Waals surface area contributed by atoms with Crippen LogP contribution in [0.3, 0.4) is 0 Å². The van der Waals surface area contributed by atoms with Crippen LogP contribution in [0, 0.1) is 11.8 Å². The number of hydrogen-bond acceptors (Lipinski definition) is 2. The van der Waals surface area contributed by atoms with Crippen LogP contribution in [0.1, 0.15) is 18.1 Å². The largest absolute Gasteiger partial charge is 0.342 e. The molecule has 0 aliphatic carbocycles. The lowest BCUT2D eigenvalue weighted by Crippen LogP contribution is -2.33. The maximum atomic E-state index is 11.8. The molecular formula is C17H15ClN2O. The first-order chi connectivity index (χ1) is 10.1. The summed E-state index contributed by atoms with van der Waals surface area (Å²) < 4.78 is 0. The first kappa shape index (κ1) is 15.1. The van der Waals surface area contributed by atoms with Crippen molar-refractivity contribution >= 4 is 17.5 Å². The molecule has 2 aromatic rings. The maximum Gasteiger partial charge on any atom is 0.296 e. The van der Waals surface area contributed by atoms with Crippen molar-refractivity contribution in [2.24, 2.45) is 0 Å². The summed E-state index contributed by atoms with van der Waals surface area (Å²) in [7, 11) is 0. The van der Waals surface area contributed by atoms with Gasteiger partial charge in [0.15, 0.2) is 0 Å². The first-order valence-corrected chi connectivity index (χ1v) is 6.98. The summed E-state index contributed by atoms with van der Waals surface area (Å²) in [5, 5.41) is 3.44. The van der Waals surface area contributed by atoms with Gasteiger partial charge in [0.05, 0.1) is 0 Å². The zero-order valence-corrected chi connectivity index (χ0v) is 12.4. The van der Waals surface area contributed by atoms with Crippen LogP contribution in [-0.2, 0) is 11.2 Å². The predicted molar refractivity (Wildman–Crippen MR) is 83.9 cm³/mol. The lowest BCUT2D eigenvalue weighted by atomic mass is 10.1. The lowest BCUT2D eigenvalue weighted by molar-refractivity contribution is -0.116. The van der Waals surface area contributed by atoms with Crippen molar-refractivity contribution in [2.45, 2.75) is 19.4 Å². The van der Waals surface area contributed by atoms with E-state index in [1.54, 1.807) is 30.6 Å². The van der Waals surface area contributed by atoms with Gasteiger partial charge in [-0.05, 0) is 43.2 Å². The van der Waals surface area contributed by atoms with Gasteiger partial charge in [0.2, 0.25) is 0 Å². The second kappa shape index (κ2) is 7.47. The van der Waals surface area contributed by atoms with Gasteiger partial charge in [-0.1, -0.05) is 29.7 Å². The van der Waals surface area contributed by atoms with Crippen LogP contribution in [-0.4, -0.2) is 16.9 Å². The van der Waals surface area contributed by atoms with Crippen molar-refractivity contribution < 1.29 is 4.79 Å². The van der Waals surface area contributed by atoms with E-state index in [1.807, 2.05) is 25.1 Å². The Kier molecular flexibility index (Phi) is 5.36. The number of carbonyl (C=O) groups is 1. The highest BCUT2D eigenvalue weighted by atomic mass is 35.5. The molecule has 1 aromatic carbocycles. The van der Waals surface area contributed by atoms with E-state index < -0.39 is 0 Å². The number of halogens is 1. The molecule has 1 amide bonds. The van der Waals surface area contributed by atoms with Gasteiger partial charge in [0.1, 0.15) is 0 Å². The zero-order valence-electron chi connectivity index (χ0n) is 11.6. The summed E-state index contributed by atoms with van der Waals surface area (Å²) in [5.74, 6) is 5.06. The van der Waals surface area contributed by atoms with Gasteiger partial charge in [-0.25, -0.2) is 0 Å². The van der Waals surface area contributed by atoms with E-state index >= 15 is 0 Å². The Balaban J connectivity index is 1.90. The van der Waals surface area contributed by atoms with Gasteiger partial charge in [-0.3, -0.25) is 9.78 Å². The summed E-state index contributed by atoms with van der Waals surface area (Å²) in [4.78, 5) is 15.8. The molecule has 106 valence electrons. The lowest BCUT2D eigenvalue weighted by Gasteiger charge is -2.11. The summed E-state index contributed by atoms with van der Waals surface area (Å²) in [6.07, 6.45) is 4.24. The van der Waals surface area contributed by atoms with Crippen molar-refractivity contribution in [1.29, 1.82) is 0 Å². The molecule has 21 heavy (non-hydrogen) atoms. The second-order valence-electron chi connectivity index (χ2n) is 4.70. The maximum absolute atomic E-state index is 11.8. The SMILES string of the molecule is CC(Cc1cccnc1)NC(=O)C#Cc1cccc(Cl)c1. The molecule has 1 aromatic heterocycles. The molecule has 1 heterocycles. The summed E-state index contributed by atoms with van der Waals surface area (Å²) in [6, 6.07) is 11.0. The van der Waals surface area contributed by atoms with Crippen molar-refractivity contribution in [2.75, 3.05) is 0 Å². The van der Waals surface area contributed by atoms with Crippen LogP contribution in [0.15, 0.2) is 48.8 Å². The topological polar surface area (TPSA) is 42.0 Å². The van der Waals surface area contributed by atoms with Gasteiger partial charge in [0.25, 0.3) is 5.91 Å². The minimum atomic E-state index is -0.300. The highest BCUT2D eigenvalue weighted by Crippen LogP contribution is 2.09. The number of hydrogen-bond donors (Lipinski definition) is 1. The normalized spacial score (nSPS) is 11.1. The Bertz CT molecular complexity index is 674. The van der Waals surface area contributed by atoms with Crippen LogP contribution in [0.2, 0.25) is 5.02 Å². The fourth-order valence-electron chi connectivity index (χ4n) is 1.88. The van der Waals surface area contributed by atoms with Gasteiger partial charge < -0.3 is 5.32 Å². The minimum absolute atomic E-state index is 0.00430. The zero-order chi connectivity index (χ0) is 15.1. The minimum Gasteiger partial charge on any atom is -0.342 e. The summed E-state index contributed by atoms with van der Waals surface area (Å²) >= 11 is 5.86. The number of rotatable bonds is 3. The van der Waals surface area contributed by atoms with E-state index in [-0.39, 0.29) is 11.9 Å². The monoisotopic (exact) mass is 298 g/mol. The molecule has 4 heteroatoms. The van der Waals surface area contributed by atoms with E-state index in [0.717, 1.165) is 17.5 Å². The highest BCUT2D eigenvalue weighted by Gasteiger charge is 2.06. The molecule has 0 aliphatic rings. The predicted octanol–water partition coefficient (Wildman–Crippen LogP) is 2.83. The number of amides is 1. The highest BCUT2D eigenvalue weighted by molar-refractivity contribution is 6.30. The summed E-state index contributed by atoms with van der Waals surface area (Å²) in [5.41, 5.74) is 1.80. The standard InChI is InChI=1S/C17H15ClN2O/c1-13(10-15-5-3-9-19-12-15)20-17(21)8-7-14-4-2-6-16(18)11-14/h2-6,9,11-13H,10H2,1H3,(H,20,21). The molecular weight excluding hydrogens is 284 g/mol. The van der Waals surface area contributed by atoms with Crippen molar-refractivity contribution in [3.05, 3.63) is 64.9 Å². The molecule has 1 N–H and O–H groups in total. The Morgan fingerprint density at radius 3 is 2.95 bits per heavy atom. The van der Waals surface area contributed by atoms with Crippen LogP contribution in [0.25, 0.3) is 0 Å². The van der Waals surface area contributed by atoms with Gasteiger partial charge in [0, 0.05) is 34.9 Å². The van der Waals surface area contributed by atoms with Crippen LogP contribution < -0.4 is 5.32 Å². The van der Waals surface area contributed by atoms with Crippen LogP contribution in [0.5, 0.6) is 0 Å². The molecule has 0 radical (unpaired) electrons. The average molecular weight is 299 g/mol. The van der Waals surface area contributed by atoms with E-state index in [9.17, 15) is 4.79 Å². The van der Waals surface area contributed by atoms with E-state index in [2.05, 4.69) is 22.1 Å². The number of nitrogens with one attached hydrogen (secondary N) is 1. The van der Waals surface area contributed by atoms with Gasteiger partial charge >= 0.3 is 0 Å². The number of pyridine rings is 1. The Hall–Kier alpha value is -2.31. The number of benzene rings is 1. The van der Waals surface area contributed by atoms with Crippen molar-refractivity contribution in [3.63, 3.8) is 0 Å². The van der Waals surface area contributed by atoms with E-state index in [4.69, 9.17) is 11.6 Å². The van der Waals surface area contributed by atoms with Crippen LogP contribution >= 0.6 is 11.6 Å². The van der Waals surface area contributed by atoms with E-state index in [0.29, 0.717) is 5.02 Å². The molecule has 3 nitrogen and oxygen atoms in total. The number of aromatic nitrogens is 1. The third-order valence-electron chi connectivity index (χ3n) is 2.79. The quantitative estimate of drug-likeness (QED) is 0.885. The molecule has 0 bridgehead atoms. The summed E-state index contributed by atoms with van der Waals surface area (Å²) in [6.45, 7) is 1.94. The molecule has 1 unspecified atom stereocenters. The third-order valence-corrected chi connectivity index (χ3v) is 3.02. The van der Waals surface area contributed by atoms with Crippen LogP contribution in [0.4, 0.5) is 0 Å². The van der Waals surface area contributed by atoms with Crippen molar-refractivity contribution in [1.82, 2.24) is 10.3 Å². The fourth-order valence-corrected chi connectivity index (χ4v) is 2.07. The Morgan fingerprint density at radius 2 is 2.24 bits per heavy atom. The van der Waals surface area contributed by atoms with Gasteiger partial charge in [-0.2, -0.15) is 0 Å². The molecule has 0 saturated heterocycles. The third kappa shape index (κ3) is 5.29. The molecule has 0 fully saturated rings. The van der Waals surface area contributed by atoms with Crippen molar-refractivity contribution in [3.8, 4) is 11.8 Å². The second-order valence-corrected chi connectivity index (χ2v) is 5.14. The fraction of sp³-hybridized carbons (Fsp3) is 0.176. The average Bonchev–Trinajstić information content (AvgIpc) is 2.46. The molecule has 1 atom stereocenters. The Labute approximate surface area is 129 Å². The molecule has 0 aliphatic heterocycles. The number of carbonyl (C=O) groups excluding carboxylic acids is 1. The smallest absolute Gasteiger partial charge is 0.296 e. The molecule has 0 spiro atoms. The molecule has 0 saturated carbocycles. The van der Waals surface area contributed by atoms with E-state index in [1.165, 1.54) is 0 Å².